The minimum absolute atomic E-state index is 0.0735. The molecule has 2 heterocycles. The Kier molecular flexibility index (Phi) is 4.96. The lowest BCUT2D eigenvalue weighted by Crippen LogP contribution is -2.32. The molecule has 1 aromatic carbocycles. The smallest absolute Gasteiger partial charge is 0.269 e. The van der Waals surface area contributed by atoms with Crippen molar-refractivity contribution in [1.82, 2.24) is 24.3 Å². The molecular weight excluding hydrogens is 409 g/mol. The van der Waals surface area contributed by atoms with Crippen LogP contribution >= 0.6 is 28.1 Å². The molecule has 0 aliphatic carbocycles. The summed E-state index contributed by atoms with van der Waals surface area (Å²) in [4.78, 5) is 3.93. The van der Waals surface area contributed by atoms with Gasteiger partial charge in [0.15, 0.2) is 17.6 Å². The molecular formula is C16H15BrFN5OS. The highest BCUT2D eigenvalue weighted by atomic mass is 79.9. The van der Waals surface area contributed by atoms with Crippen molar-refractivity contribution < 1.29 is 9.13 Å². The molecule has 25 heavy (non-hydrogen) atoms. The lowest BCUT2D eigenvalue weighted by molar-refractivity contribution is 0.000875. The van der Waals surface area contributed by atoms with E-state index in [1.165, 1.54) is 24.1 Å². The van der Waals surface area contributed by atoms with Crippen LogP contribution in [0.1, 0.15) is 24.4 Å². The van der Waals surface area contributed by atoms with Gasteiger partial charge >= 0.3 is 0 Å². The van der Waals surface area contributed by atoms with Crippen LogP contribution in [-0.4, -0.2) is 29.5 Å². The molecule has 0 N–H and O–H groups in total. The third-order valence-electron chi connectivity index (χ3n) is 3.80. The van der Waals surface area contributed by atoms with Crippen LogP contribution in [0.15, 0.2) is 53.8 Å². The number of hydrogen-bond donors (Lipinski definition) is 0. The van der Waals surface area contributed by atoms with Crippen molar-refractivity contribution in [2.45, 2.75) is 18.7 Å². The van der Waals surface area contributed by atoms with Crippen molar-refractivity contribution >= 4 is 33.3 Å². The second kappa shape index (κ2) is 7.01. The van der Waals surface area contributed by atoms with Crippen molar-refractivity contribution in [2.75, 3.05) is 0 Å². The molecule has 0 bridgehead atoms. The van der Waals surface area contributed by atoms with E-state index in [1.54, 1.807) is 42.2 Å². The van der Waals surface area contributed by atoms with Gasteiger partial charge in [0, 0.05) is 23.9 Å². The minimum Gasteiger partial charge on any atom is -0.455 e. The summed E-state index contributed by atoms with van der Waals surface area (Å²) >= 11 is 8.65. The summed E-state index contributed by atoms with van der Waals surface area (Å²) in [7, 11) is 1.73. The first-order valence-corrected chi connectivity index (χ1v) is 8.57. The fourth-order valence-electron chi connectivity index (χ4n) is 2.41. The second-order valence-corrected chi connectivity index (χ2v) is 6.88. The molecule has 0 radical (unpaired) electrons. The van der Waals surface area contributed by atoms with Crippen LogP contribution in [0.25, 0.3) is 0 Å². The number of hydrogen-bond acceptors (Lipinski definition) is 5. The molecule has 2 unspecified atom stereocenters. The van der Waals surface area contributed by atoms with Crippen LogP contribution < -0.4 is 0 Å². The highest BCUT2D eigenvalue weighted by molar-refractivity contribution is 9.10. The third kappa shape index (κ3) is 3.62. The molecule has 3 rings (SSSR count). The Balaban J connectivity index is 2.01. The van der Waals surface area contributed by atoms with E-state index in [-0.39, 0.29) is 5.17 Å². The Hall–Kier alpha value is -2.13. The van der Waals surface area contributed by atoms with Crippen molar-refractivity contribution in [1.29, 1.82) is 0 Å². The maximum atomic E-state index is 15.9. The molecule has 0 saturated heterocycles. The molecule has 0 spiro atoms. The van der Waals surface area contributed by atoms with Gasteiger partial charge in [-0.15, -0.1) is 10.2 Å². The number of aromatic nitrogens is 5. The molecule has 130 valence electrons. The summed E-state index contributed by atoms with van der Waals surface area (Å²) in [5.74, 6) is 0.326. The summed E-state index contributed by atoms with van der Waals surface area (Å²) in [5.41, 5.74) is -1.47. The van der Waals surface area contributed by atoms with Gasteiger partial charge in [-0.1, -0.05) is 28.1 Å². The van der Waals surface area contributed by atoms with Crippen LogP contribution in [-0.2, 0) is 17.5 Å². The number of rotatable bonds is 4. The summed E-state index contributed by atoms with van der Waals surface area (Å²) in [5, 5.41) is 7.92. The number of halogens is 2. The van der Waals surface area contributed by atoms with Crippen molar-refractivity contribution in [2.24, 2.45) is 7.05 Å². The largest absolute Gasteiger partial charge is 0.455 e. The maximum Gasteiger partial charge on any atom is 0.269 e. The summed E-state index contributed by atoms with van der Waals surface area (Å²) in [6.45, 7) is 1.44. The standard InChI is InChI=1S/C16H15BrFN5OS/c1-16(18,11-4-3-5-12(17)8-11)13(14-21-20-10-22(14)2)24-15(25)23-7-6-19-9-23/h3-10,13H,1-2H3. The van der Waals surface area contributed by atoms with Gasteiger partial charge in [-0.3, -0.25) is 4.57 Å². The third-order valence-corrected chi connectivity index (χ3v) is 4.60. The normalized spacial score (nSPS) is 14.7. The Labute approximate surface area is 157 Å². The lowest BCUT2D eigenvalue weighted by atomic mass is 9.91. The fourth-order valence-corrected chi connectivity index (χ4v) is 3.01. The first-order valence-electron chi connectivity index (χ1n) is 7.37. The number of thiocarbonyl (C=S) groups is 1. The molecule has 0 fully saturated rings. The Morgan fingerprint density at radius 1 is 1.40 bits per heavy atom. The zero-order valence-corrected chi connectivity index (χ0v) is 15.9. The Morgan fingerprint density at radius 2 is 2.20 bits per heavy atom. The summed E-state index contributed by atoms with van der Waals surface area (Å²) < 4.78 is 25.6. The highest BCUT2D eigenvalue weighted by Crippen LogP contribution is 2.41. The molecule has 2 aromatic heterocycles. The zero-order chi connectivity index (χ0) is 18.0. The van der Waals surface area contributed by atoms with Gasteiger partial charge in [-0.2, -0.15) is 0 Å². The highest BCUT2D eigenvalue weighted by Gasteiger charge is 2.43. The number of ether oxygens (including phenoxy) is 1. The van der Waals surface area contributed by atoms with Crippen molar-refractivity contribution in [3.63, 3.8) is 0 Å². The van der Waals surface area contributed by atoms with Crippen molar-refractivity contribution in [3.05, 3.63) is 65.2 Å². The average molecular weight is 424 g/mol. The van der Waals surface area contributed by atoms with Gasteiger partial charge in [0.25, 0.3) is 5.17 Å². The molecule has 0 aliphatic heterocycles. The van der Waals surface area contributed by atoms with E-state index in [0.29, 0.717) is 11.4 Å². The average Bonchev–Trinajstić information content (AvgIpc) is 3.24. The number of imidazole rings is 1. The molecule has 6 nitrogen and oxygen atoms in total. The van der Waals surface area contributed by atoms with Crippen LogP contribution in [0.2, 0.25) is 0 Å². The van der Waals surface area contributed by atoms with Crippen LogP contribution in [0.4, 0.5) is 4.39 Å². The van der Waals surface area contributed by atoms with E-state index >= 15 is 4.39 Å². The van der Waals surface area contributed by atoms with Crippen molar-refractivity contribution in [3.8, 4) is 0 Å². The predicted octanol–water partition coefficient (Wildman–Crippen LogP) is 3.55. The minimum atomic E-state index is -1.91. The zero-order valence-electron chi connectivity index (χ0n) is 13.5. The van der Waals surface area contributed by atoms with E-state index in [9.17, 15) is 0 Å². The Morgan fingerprint density at radius 3 is 2.80 bits per heavy atom. The number of aryl methyl sites for hydroxylation is 1. The molecule has 9 heteroatoms. The quantitative estimate of drug-likeness (QED) is 0.600. The molecule has 0 saturated carbocycles. The molecule has 3 aromatic rings. The molecule has 0 aliphatic rings. The van der Waals surface area contributed by atoms with E-state index in [1.807, 2.05) is 6.07 Å². The first kappa shape index (κ1) is 17.7. The fraction of sp³-hybridized carbons (Fsp3) is 0.250. The van der Waals surface area contributed by atoms with Crippen LogP contribution in [0.3, 0.4) is 0 Å². The van der Waals surface area contributed by atoms with E-state index in [0.717, 1.165) is 4.47 Å². The van der Waals surface area contributed by atoms with Gasteiger partial charge in [-0.25, -0.2) is 9.37 Å². The van der Waals surface area contributed by atoms with Gasteiger partial charge < -0.3 is 9.30 Å². The number of nitrogens with zero attached hydrogens (tertiary/aromatic N) is 5. The molecule has 2 atom stereocenters. The topological polar surface area (TPSA) is 57.8 Å². The number of benzene rings is 1. The Bertz CT molecular complexity index is 880. The van der Waals surface area contributed by atoms with Gasteiger partial charge in [-0.05, 0) is 36.8 Å². The van der Waals surface area contributed by atoms with E-state index < -0.39 is 11.8 Å². The van der Waals surface area contributed by atoms with E-state index in [2.05, 4.69) is 31.1 Å². The van der Waals surface area contributed by atoms with Gasteiger partial charge in [0.2, 0.25) is 0 Å². The number of alkyl halides is 1. The van der Waals surface area contributed by atoms with Crippen LogP contribution in [0, 0.1) is 0 Å². The van der Waals surface area contributed by atoms with Gasteiger partial charge in [0.1, 0.15) is 12.7 Å². The first-order chi connectivity index (χ1) is 11.9. The van der Waals surface area contributed by atoms with Crippen LogP contribution in [0.5, 0.6) is 0 Å². The van der Waals surface area contributed by atoms with E-state index in [4.69, 9.17) is 17.0 Å². The SMILES string of the molecule is Cn1cnnc1C(OC(=S)n1ccnc1)C(C)(F)c1cccc(Br)c1. The van der Waals surface area contributed by atoms with Gasteiger partial charge in [0.05, 0.1) is 0 Å². The predicted molar refractivity (Wildman–Crippen MR) is 97.7 cm³/mol. The lowest BCUT2D eigenvalue weighted by Gasteiger charge is -2.30. The maximum absolute atomic E-state index is 15.9. The second-order valence-electron chi connectivity index (χ2n) is 5.62. The molecule has 0 amide bonds. The monoisotopic (exact) mass is 423 g/mol. The summed E-state index contributed by atoms with van der Waals surface area (Å²) in [6.07, 6.45) is 5.08. The summed E-state index contributed by atoms with van der Waals surface area (Å²) in [6, 6.07) is 6.98.